The zero-order valence-corrected chi connectivity index (χ0v) is 11.2. The third-order valence-electron chi connectivity index (χ3n) is 2.70. The van der Waals surface area contributed by atoms with Gasteiger partial charge in [0, 0.05) is 11.8 Å². The number of halogens is 4. The van der Waals surface area contributed by atoms with Gasteiger partial charge in [0.2, 0.25) is 0 Å². The van der Waals surface area contributed by atoms with Gasteiger partial charge in [0.1, 0.15) is 5.82 Å². The van der Waals surface area contributed by atoms with Gasteiger partial charge in [-0.1, -0.05) is 0 Å². The highest BCUT2D eigenvalue weighted by Crippen LogP contribution is 2.32. The van der Waals surface area contributed by atoms with E-state index in [1.54, 1.807) is 12.3 Å². The van der Waals surface area contributed by atoms with Crippen LogP contribution in [0.2, 0.25) is 0 Å². The average Bonchev–Trinajstić information content (AvgIpc) is 2.72. The Bertz CT molecular complexity index is 609. The minimum absolute atomic E-state index is 0.0467. The molecule has 0 spiro atoms. The molecule has 0 saturated heterocycles. The smallest absolute Gasteiger partial charge is 0.388 e. The highest BCUT2D eigenvalue weighted by molar-refractivity contribution is 7.09. The van der Waals surface area contributed by atoms with E-state index in [4.69, 9.17) is 0 Å². The maximum Gasteiger partial charge on any atom is 0.416 e. The fourth-order valence-electron chi connectivity index (χ4n) is 1.79. The lowest BCUT2D eigenvalue weighted by atomic mass is 10.0. The van der Waals surface area contributed by atoms with Gasteiger partial charge in [-0.25, -0.2) is 9.37 Å². The average molecular weight is 305 g/mol. The summed E-state index contributed by atoms with van der Waals surface area (Å²) >= 11 is 1.38. The SMILES string of the molecule is Cc1nc(CC(O)c2cc(F)cc(C(F)(F)F)c2)cs1. The van der Waals surface area contributed by atoms with Gasteiger partial charge in [-0.2, -0.15) is 13.2 Å². The van der Waals surface area contributed by atoms with Gasteiger partial charge in [0.25, 0.3) is 0 Å². The van der Waals surface area contributed by atoms with Gasteiger partial charge in [-0.15, -0.1) is 11.3 Å². The van der Waals surface area contributed by atoms with Crippen molar-refractivity contribution in [1.82, 2.24) is 4.98 Å². The summed E-state index contributed by atoms with van der Waals surface area (Å²) in [6.07, 6.45) is -5.83. The van der Waals surface area contributed by atoms with Gasteiger partial charge >= 0.3 is 6.18 Å². The topological polar surface area (TPSA) is 33.1 Å². The Morgan fingerprint density at radius 1 is 1.30 bits per heavy atom. The molecule has 0 saturated carbocycles. The summed E-state index contributed by atoms with van der Waals surface area (Å²) < 4.78 is 51.0. The molecule has 7 heteroatoms. The van der Waals surface area contributed by atoms with E-state index >= 15 is 0 Å². The number of aryl methyl sites for hydroxylation is 1. The van der Waals surface area contributed by atoms with Crippen molar-refractivity contribution in [3.63, 3.8) is 0 Å². The van der Waals surface area contributed by atoms with Crippen LogP contribution in [0.3, 0.4) is 0 Å². The van der Waals surface area contributed by atoms with E-state index < -0.39 is 23.7 Å². The van der Waals surface area contributed by atoms with E-state index in [1.807, 2.05) is 0 Å². The Morgan fingerprint density at radius 3 is 2.55 bits per heavy atom. The van der Waals surface area contributed by atoms with Crippen molar-refractivity contribution in [2.45, 2.75) is 25.6 Å². The van der Waals surface area contributed by atoms with E-state index in [-0.39, 0.29) is 12.0 Å². The maximum absolute atomic E-state index is 13.2. The summed E-state index contributed by atoms with van der Waals surface area (Å²) in [6.45, 7) is 1.78. The number of alkyl halides is 3. The lowest BCUT2D eigenvalue weighted by Gasteiger charge is -2.13. The number of aliphatic hydroxyl groups is 1. The van der Waals surface area contributed by atoms with Gasteiger partial charge in [0.15, 0.2) is 0 Å². The van der Waals surface area contributed by atoms with Crippen molar-refractivity contribution in [2.75, 3.05) is 0 Å². The first kappa shape index (κ1) is 14.9. The lowest BCUT2D eigenvalue weighted by Crippen LogP contribution is -2.09. The molecule has 1 heterocycles. The van der Waals surface area contributed by atoms with Crippen LogP contribution in [0.5, 0.6) is 0 Å². The van der Waals surface area contributed by atoms with Gasteiger partial charge in [0.05, 0.1) is 22.4 Å². The van der Waals surface area contributed by atoms with Crippen molar-refractivity contribution in [3.05, 3.63) is 51.2 Å². The summed E-state index contributed by atoms with van der Waals surface area (Å²) in [5, 5.41) is 12.4. The molecule has 1 unspecified atom stereocenters. The molecule has 0 fully saturated rings. The Morgan fingerprint density at radius 2 is 2.00 bits per heavy atom. The monoisotopic (exact) mass is 305 g/mol. The fourth-order valence-corrected chi connectivity index (χ4v) is 2.41. The first-order valence-corrected chi connectivity index (χ1v) is 6.60. The molecular weight excluding hydrogens is 294 g/mol. The molecule has 108 valence electrons. The van der Waals surface area contributed by atoms with Crippen LogP contribution in [0.25, 0.3) is 0 Å². The molecule has 2 rings (SSSR count). The number of thiazole rings is 1. The largest absolute Gasteiger partial charge is 0.416 e. The van der Waals surface area contributed by atoms with Crippen LogP contribution in [0.15, 0.2) is 23.6 Å². The standard InChI is InChI=1S/C13H11F4NOS/c1-7-18-11(6-20-7)5-12(19)8-2-9(13(15,16)17)4-10(14)3-8/h2-4,6,12,19H,5H2,1H3. The van der Waals surface area contributed by atoms with Gasteiger partial charge in [-0.05, 0) is 30.7 Å². The normalized spacial score (nSPS) is 13.5. The number of hydrogen-bond acceptors (Lipinski definition) is 3. The van der Waals surface area contributed by atoms with E-state index in [1.165, 1.54) is 11.3 Å². The van der Waals surface area contributed by atoms with Crippen molar-refractivity contribution >= 4 is 11.3 Å². The van der Waals surface area contributed by atoms with Gasteiger partial charge < -0.3 is 5.11 Å². The number of aliphatic hydroxyl groups excluding tert-OH is 1. The number of benzene rings is 1. The van der Waals surface area contributed by atoms with E-state index in [0.717, 1.165) is 17.1 Å². The minimum atomic E-state index is -4.65. The minimum Gasteiger partial charge on any atom is -0.388 e. The molecule has 2 aromatic rings. The fraction of sp³-hybridized carbons (Fsp3) is 0.308. The van der Waals surface area contributed by atoms with E-state index in [9.17, 15) is 22.7 Å². The number of nitrogens with zero attached hydrogens (tertiary/aromatic N) is 1. The quantitative estimate of drug-likeness (QED) is 0.873. The van der Waals surface area contributed by atoms with Crippen LogP contribution < -0.4 is 0 Å². The summed E-state index contributed by atoms with van der Waals surface area (Å²) in [5.74, 6) is -1.02. The summed E-state index contributed by atoms with van der Waals surface area (Å²) in [7, 11) is 0. The molecule has 1 aromatic heterocycles. The number of rotatable bonds is 3. The Labute approximate surface area is 116 Å². The lowest BCUT2D eigenvalue weighted by molar-refractivity contribution is -0.137. The second-order valence-electron chi connectivity index (χ2n) is 4.35. The summed E-state index contributed by atoms with van der Waals surface area (Å²) in [6, 6.07) is 2.06. The molecule has 0 amide bonds. The zero-order valence-electron chi connectivity index (χ0n) is 10.4. The van der Waals surface area contributed by atoms with Crippen LogP contribution in [0.1, 0.15) is 27.9 Å². The van der Waals surface area contributed by atoms with Crippen LogP contribution >= 0.6 is 11.3 Å². The van der Waals surface area contributed by atoms with Crippen molar-refractivity contribution in [2.24, 2.45) is 0 Å². The van der Waals surface area contributed by atoms with E-state index in [0.29, 0.717) is 11.8 Å². The van der Waals surface area contributed by atoms with Crippen molar-refractivity contribution in [1.29, 1.82) is 0 Å². The first-order chi connectivity index (χ1) is 9.25. The van der Waals surface area contributed by atoms with Crippen LogP contribution in [-0.2, 0) is 12.6 Å². The Hall–Kier alpha value is -1.47. The van der Waals surface area contributed by atoms with Crippen LogP contribution in [0, 0.1) is 12.7 Å². The summed E-state index contributed by atoms with van der Waals surface area (Å²) in [5.41, 5.74) is -0.651. The zero-order chi connectivity index (χ0) is 14.9. The van der Waals surface area contributed by atoms with Crippen LogP contribution in [-0.4, -0.2) is 10.1 Å². The van der Waals surface area contributed by atoms with E-state index in [2.05, 4.69) is 4.98 Å². The molecule has 20 heavy (non-hydrogen) atoms. The van der Waals surface area contributed by atoms with Crippen LogP contribution in [0.4, 0.5) is 17.6 Å². The molecule has 1 aromatic carbocycles. The molecule has 0 aliphatic carbocycles. The second kappa shape index (κ2) is 5.49. The number of aromatic nitrogens is 1. The highest BCUT2D eigenvalue weighted by Gasteiger charge is 2.32. The Balaban J connectivity index is 2.25. The Kier molecular flexibility index (Phi) is 4.10. The summed E-state index contributed by atoms with van der Waals surface area (Å²) in [4.78, 5) is 4.11. The third kappa shape index (κ3) is 3.55. The predicted molar refractivity (Wildman–Crippen MR) is 66.9 cm³/mol. The highest BCUT2D eigenvalue weighted by atomic mass is 32.1. The molecule has 0 radical (unpaired) electrons. The molecular formula is C13H11F4NOS. The molecule has 0 bridgehead atoms. The third-order valence-corrected chi connectivity index (χ3v) is 3.52. The molecule has 0 aliphatic rings. The maximum atomic E-state index is 13.2. The first-order valence-electron chi connectivity index (χ1n) is 5.72. The predicted octanol–water partition coefficient (Wildman–Crippen LogP) is 3.89. The van der Waals surface area contributed by atoms with Gasteiger partial charge in [-0.3, -0.25) is 0 Å². The molecule has 2 nitrogen and oxygen atoms in total. The molecule has 1 N–H and O–H groups in total. The number of hydrogen-bond donors (Lipinski definition) is 1. The van der Waals surface area contributed by atoms with Crippen molar-refractivity contribution in [3.8, 4) is 0 Å². The molecule has 0 aliphatic heterocycles. The second-order valence-corrected chi connectivity index (χ2v) is 5.41. The van der Waals surface area contributed by atoms with Crippen molar-refractivity contribution < 1.29 is 22.7 Å². The molecule has 1 atom stereocenters.